The lowest BCUT2D eigenvalue weighted by molar-refractivity contribution is 0.0593. The molecule has 0 spiro atoms. The van der Waals surface area contributed by atoms with E-state index in [0.717, 1.165) is 18.5 Å². The maximum atomic E-state index is 12.6. The van der Waals surface area contributed by atoms with Crippen molar-refractivity contribution in [2.75, 3.05) is 7.11 Å². The molecular weight excluding hydrogens is 290 g/mol. The van der Waals surface area contributed by atoms with Crippen LogP contribution < -0.4 is 0 Å². The molecule has 0 radical (unpaired) electrons. The largest absolute Gasteiger partial charge is 0.464 e. The van der Waals surface area contributed by atoms with Crippen molar-refractivity contribution in [2.24, 2.45) is 0 Å². The molecule has 1 aromatic heterocycles. The van der Waals surface area contributed by atoms with E-state index < -0.39 is 5.97 Å². The van der Waals surface area contributed by atoms with Gasteiger partial charge in [-0.25, -0.2) is 4.79 Å². The van der Waals surface area contributed by atoms with Gasteiger partial charge in [-0.1, -0.05) is 31.2 Å². The minimum atomic E-state index is -0.423. The third-order valence-corrected chi connectivity index (χ3v) is 4.74. The van der Waals surface area contributed by atoms with Crippen LogP contribution in [0.5, 0.6) is 0 Å². The van der Waals surface area contributed by atoms with Crippen LogP contribution in [0.4, 0.5) is 0 Å². The number of fused-ring (bicyclic) bond motifs is 1. The summed E-state index contributed by atoms with van der Waals surface area (Å²) in [7, 11) is 1.35. The van der Waals surface area contributed by atoms with Gasteiger partial charge in [-0.15, -0.1) is 0 Å². The maximum Gasteiger partial charge on any atom is 0.354 e. The van der Waals surface area contributed by atoms with Gasteiger partial charge in [-0.2, -0.15) is 0 Å². The van der Waals surface area contributed by atoms with Crippen LogP contribution in [0.2, 0.25) is 0 Å². The van der Waals surface area contributed by atoms with E-state index in [1.54, 1.807) is 6.92 Å². The molecular formula is C19H21NO3. The molecule has 4 heteroatoms. The third-order valence-electron chi connectivity index (χ3n) is 4.74. The van der Waals surface area contributed by atoms with Crippen molar-refractivity contribution in [3.63, 3.8) is 0 Å². The maximum absolute atomic E-state index is 12.6. The number of Topliss-reactive ketones (excluding diaryl/α,β-unsaturated/α-hetero) is 1. The number of H-pyrrole nitrogens is 1. The van der Waals surface area contributed by atoms with Crippen LogP contribution in [0.1, 0.15) is 62.5 Å². The van der Waals surface area contributed by atoms with Gasteiger partial charge >= 0.3 is 5.97 Å². The molecule has 1 aliphatic carbocycles. The molecule has 0 fully saturated rings. The second-order valence-electron chi connectivity index (χ2n) is 6.09. The first-order chi connectivity index (χ1) is 11.0. The molecule has 0 unspecified atom stereocenters. The first-order valence-corrected chi connectivity index (χ1v) is 7.96. The number of esters is 1. The lowest BCUT2D eigenvalue weighted by Crippen LogP contribution is -2.18. The predicted molar refractivity (Wildman–Crippen MR) is 88.1 cm³/mol. The highest BCUT2D eigenvalue weighted by Gasteiger charge is 2.32. The number of ether oxygens (including phenoxy) is 1. The van der Waals surface area contributed by atoms with Crippen LogP contribution in [0.3, 0.4) is 0 Å². The van der Waals surface area contributed by atoms with Gasteiger partial charge in [0.15, 0.2) is 5.78 Å². The summed E-state index contributed by atoms with van der Waals surface area (Å²) in [4.78, 5) is 27.5. The van der Waals surface area contributed by atoms with Crippen LogP contribution in [0, 0.1) is 6.92 Å². The average Bonchev–Trinajstić information content (AvgIpc) is 2.91. The standard InChI is InChI=1S/C19H21NO3/c1-4-12-5-7-13(8-6-12)14-9-15-17(16(21)10-14)11(2)18(20-15)19(22)23-3/h5-8,14,20H,4,9-10H2,1-3H3/t14-/m1/s1. The lowest BCUT2D eigenvalue weighted by Gasteiger charge is -2.22. The fourth-order valence-corrected chi connectivity index (χ4v) is 3.40. The number of ketones is 1. The quantitative estimate of drug-likeness (QED) is 0.881. The fraction of sp³-hybridized carbons (Fsp3) is 0.368. The number of benzene rings is 1. The van der Waals surface area contributed by atoms with Crippen LogP contribution in [-0.2, 0) is 17.6 Å². The number of hydrogen-bond donors (Lipinski definition) is 1. The monoisotopic (exact) mass is 311 g/mol. The number of rotatable bonds is 3. The zero-order chi connectivity index (χ0) is 16.6. The van der Waals surface area contributed by atoms with E-state index in [4.69, 9.17) is 4.74 Å². The molecule has 1 N–H and O–H groups in total. The second kappa shape index (κ2) is 6.03. The number of methoxy groups -OCH3 is 1. The summed E-state index contributed by atoms with van der Waals surface area (Å²) in [5.74, 6) is -0.169. The van der Waals surface area contributed by atoms with Gasteiger partial charge < -0.3 is 9.72 Å². The van der Waals surface area contributed by atoms with Crippen LogP contribution in [-0.4, -0.2) is 23.8 Å². The average molecular weight is 311 g/mol. The van der Waals surface area contributed by atoms with Gasteiger partial charge in [0.05, 0.1) is 7.11 Å². The van der Waals surface area contributed by atoms with E-state index in [1.807, 2.05) is 0 Å². The van der Waals surface area contributed by atoms with Crippen molar-refractivity contribution in [3.05, 3.63) is 57.9 Å². The Balaban J connectivity index is 1.93. The molecule has 0 saturated carbocycles. The van der Waals surface area contributed by atoms with Crippen LogP contribution in [0.25, 0.3) is 0 Å². The number of aryl methyl sites for hydroxylation is 1. The van der Waals surface area contributed by atoms with Gasteiger partial charge in [0, 0.05) is 17.7 Å². The predicted octanol–water partition coefficient (Wildman–Crippen LogP) is 3.58. The molecule has 1 heterocycles. The van der Waals surface area contributed by atoms with Crippen molar-refractivity contribution in [1.82, 2.24) is 4.98 Å². The molecule has 23 heavy (non-hydrogen) atoms. The minimum absolute atomic E-state index is 0.0970. The van der Waals surface area contributed by atoms with Gasteiger partial charge in [0.2, 0.25) is 0 Å². The van der Waals surface area contributed by atoms with Crippen molar-refractivity contribution in [3.8, 4) is 0 Å². The minimum Gasteiger partial charge on any atom is -0.464 e. The SMILES string of the molecule is CCc1ccc([C@H]2CC(=O)c3c([nH]c(C(=O)OC)c3C)C2)cc1. The van der Waals surface area contributed by atoms with E-state index in [9.17, 15) is 9.59 Å². The smallest absolute Gasteiger partial charge is 0.354 e. The molecule has 0 aliphatic heterocycles. The number of nitrogens with one attached hydrogen (secondary N) is 1. The number of aromatic amines is 1. The number of aromatic nitrogens is 1. The van der Waals surface area contributed by atoms with E-state index in [0.29, 0.717) is 23.2 Å². The molecule has 0 bridgehead atoms. The van der Waals surface area contributed by atoms with E-state index in [1.165, 1.54) is 18.2 Å². The molecule has 1 aromatic carbocycles. The molecule has 0 amide bonds. The summed E-state index contributed by atoms with van der Waals surface area (Å²) >= 11 is 0. The molecule has 3 rings (SSSR count). The molecule has 0 saturated heterocycles. The first kappa shape index (κ1) is 15.5. The fourth-order valence-electron chi connectivity index (χ4n) is 3.40. The first-order valence-electron chi connectivity index (χ1n) is 7.96. The molecule has 1 aliphatic rings. The van der Waals surface area contributed by atoms with Crippen molar-refractivity contribution in [2.45, 2.75) is 39.0 Å². The summed E-state index contributed by atoms with van der Waals surface area (Å²) in [6.45, 7) is 3.93. The second-order valence-corrected chi connectivity index (χ2v) is 6.09. The Labute approximate surface area is 135 Å². The Bertz CT molecular complexity index is 756. The van der Waals surface area contributed by atoms with Crippen molar-refractivity contribution in [1.29, 1.82) is 0 Å². The number of carbonyl (C=O) groups is 2. The Morgan fingerprint density at radius 1 is 1.26 bits per heavy atom. The summed E-state index contributed by atoms with van der Waals surface area (Å²) in [5, 5.41) is 0. The van der Waals surface area contributed by atoms with E-state index in [2.05, 4.69) is 36.2 Å². The highest BCUT2D eigenvalue weighted by molar-refractivity contribution is 6.03. The Kier molecular flexibility index (Phi) is 4.07. The normalized spacial score (nSPS) is 17.0. The Hall–Kier alpha value is -2.36. The van der Waals surface area contributed by atoms with Gasteiger partial charge in [-0.3, -0.25) is 4.79 Å². The van der Waals surface area contributed by atoms with Crippen LogP contribution in [0.15, 0.2) is 24.3 Å². The topological polar surface area (TPSA) is 59.2 Å². The molecule has 2 aromatic rings. The van der Waals surface area contributed by atoms with Crippen LogP contribution >= 0.6 is 0 Å². The highest BCUT2D eigenvalue weighted by atomic mass is 16.5. The summed E-state index contributed by atoms with van der Waals surface area (Å²) in [6.07, 6.45) is 2.23. The summed E-state index contributed by atoms with van der Waals surface area (Å²) < 4.78 is 4.79. The zero-order valence-electron chi connectivity index (χ0n) is 13.7. The Morgan fingerprint density at radius 3 is 2.57 bits per heavy atom. The highest BCUT2D eigenvalue weighted by Crippen LogP contribution is 2.35. The summed E-state index contributed by atoms with van der Waals surface area (Å²) in [6, 6.07) is 8.46. The number of carbonyl (C=O) groups excluding carboxylic acids is 2. The Morgan fingerprint density at radius 2 is 1.96 bits per heavy atom. The van der Waals surface area contributed by atoms with Gasteiger partial charge in [0.25, 0.3) is 0 Å². The van der Waals surface area contributed by atoms with Crippen molar-refractivity contribution < 1.29 is 14.3 Å². The number of hydrogen-bond acceptors (Lipinski definition) is 3. The van der Waals surface area contributed by atoms with Crippen molar-refractivity contribution >= 4 is 11.8 Å². The summed E-state index contributed by atoms with van der Waals surface area (Å²) in [5.41, 5.74) is 5.09. The van der Waals surface area contributed by atoms with E-state index in [-0.39, 0.29) is 11.7 Å². The molecule has 1 atom stereocenters. The lowest BCUT2D eigenvalue weighted by atomic mass is 9.81. The molecule has 4 nitrogen and oxygen atoms in total. The zero-order valence-corrected chi connectivity index (χ0v) is 13.7. The van der Waals surface area contributed by atoms with E-state index >= 15 is 0 Å². The molecule has 120 valence electrons. The third kappa shape index (κ3) is 2.69. The van der Waals surface area contributed by atoms with Gasteiger partial charge in [-0.05, 0) is 42.4 Å². The van der Waals surface area contributed by atoms with Gasteiger partial charge in [0.1, 0.15) is 5.69 Å².